The van der Waals surface area contributed by atoms with Gasteiger partial charge in [0.25, 0.3) is 0 Å². The van der Waals surface area contributed by atoms with Gasteiger partial charge in [0.15, 0.2) is 10.8 Å². The topological polar surface area (TPSA) is 49.2 Å². The molecule has 12 heteroatoms. The van der Waals surface area contributed by atoms with E-state index in [0.29, 0.717) is 23.0 Å². The molecule has 5 nitrogen and oxygen atoms in total. The van der Waals surface area contributed by atoms with E-state index in [0.717, 1.165) is 16.8 Å². The van der Waals surface area contributed by atoms with Crippen molar-refractivity contribution in [2.24, 2.45) is 7.05 Å². The second kappa shape index (κ2) is 7.00. The van der Waals surface area contributed by atoms with Crippen LogP contribution in [0.25, 0.3) is 0 Å². The number of rotatable bonds is 4. The number of alkyl halides is 6. The van der Waals surface area contributed by atoms with Crippen LogP contribution < -0.4 is 9.47 Å². The number of thiophene rings is 1. The number of halogens is 6. The number of aryl methyl sites for hydroxylation is 2. The SMILES string of the molecule is Cc1cc(Oc2ccc(C(F)(F)F)s2)nc(Oc2cc(C(F)(F)F)nn2C)c1. The second-order valence-corrected chi connectivity index (χ2v) is 6.68. The van der Waals surface area contributed by atoms with Gasteiger partial charge >= 0.3 is 12.4 Å². The predicted molar refractivity (Wildman–Crippen MR) is 86.7 cm³/mol. The Labute approximate surface area is 158 Å². The van der Waals surface area contributed by atoms with Crippen molar-refractivity contribution in [3.05, 3.63) is 46.5 Å². The van der Waals surface area contributed by atoms with E-state index in [1.807, 2.05) is 0 Å². The number of hydrogen-bond acceptors (Lipinski definition) is 5. The largest absolute Gasteiger partial charge is 0.435 e. The summed E-state index contributed by atoms with van der Waals surface area (Å²) in [7, 11) is 1.27. The highest BCUT2D eigenvalue weighted by Gasteiger charge is 2.35. The zero-order valence-electron chi connectivity index (χ0n) is 14.2. The molecule has 0 amide bonds. The fourth-order valence-corrected chi connectivity index (χ4v) is 2.86. The highest BCUT2D eigenvalue weighted by molar-refractivity contribution is 7.13. The van der Waals surface area contributed by atoms with E-state index in [9.17, 15) is 26.3 Å². The van der Waals surface area contributed by atoms with Gasteiger partial charge in [0.05, 0.1) is 0 Å². The quantitative estimate of drug-likeness (QED) is 0.497. The first-order valence-corrected chi connectivity index (χ1v) is 8.36. The van der Waals surface area contributed by atoms with Crippen molar-refractivity contribution in [3.8, 4) is 22.7 Å². The zero-order valence-corrected chi connectivity index (χ0v) is 15.0. The monoisotopic (exact) mass is 423 g/mol. The Morgan fingerprint density at radius 3 is 2.11 bits per heavy atom. The van der Waals surface area contributed by atoms with Gasteiger partial charge in [-0.15, -0.1) is 0 Å². The molecular formula is C16H11F6N3O2S. The maximum absolute atomic E-state index is 12.7. The van der Waals surface area contributed by atoms with Crippen LogP contribution in [-0.2, 0) is 19.4 Å². The lowest BCUT2D eigenvalue weighted by atomic mass is 10.3. The summed E-state index contributed by atoms with van der Waals surface area (Å²) in [5, 5.41) is 3.27. The van der Waals surface area contributed by atoms with Gasteiger partial charge in [0.1, 0.15) is 4.88 Å². The summed E-state index contributed by atoms with van der Waals surface area (Å²) < 4.78 is 87.7. The van der Waals surface area contributed by atoms with Crippen molar-refractivity contribution in [2.45, 2.75) is 19.3 Å². The van der Waals surface area contributed by atoms with E-state index in [1.54, 1.807) is 6.92 Å². The maximum Gasteiger partial charge on any atom is 0.435 e. The molecule has 0 aliphatic carbocycles. The van der Waals surface area contributed by atoms with Crippen LogP contribution in [0.4, 0.5) is 26.3 Å². The lowest BCUT2D eigenvalue weighted by molar-refractivity contribution is -0.141. The number of ether oxygens (including phenoxy) is 2. The molecule has 0 fully saturated rings. The Morgan fingerprint density at radius 1 is 0.929 bits per heavy atom. The summed E-state index contributed by atoms with van der Waals surface area (Å²) in [5.41, 5.74) is -0.557. The molecule has 0 radical (unpaired) electrons. The minimum absolute atomic E-state index is 0.0451. The van der Waals surface area contributed by atoms with Gasteiger partial charge in [-0.25, -0.2) is 4.68 Å². The minimum Gasteiger partial charge on any atom is -0.428 e. The molecule has 3 aromatic rings. The van der Waals surface area contributed by atoms with Gasteiger partial charge in [-0.1, -0.05) is 11.3 Å². The van der Waals surface area contributed by atoms with E-state index < -0.39 is 22.9 Å². The minimum atomic E-state index is -4.64. The third-order valence-electron chi connectivity index (χ3n) is 3.33. The van der Waals surface area contributed by atoms with Crippen LogP contribution in [0.1, 0.15) is 16.1 Å². The second-order valence-electron chi connectivity index (χ2n) is 5.63. The van der Waals surface area contributed by atoms with E-state index in [-0.39, 0.29) is 22.7 Å². The summed E-state index contributed by atoms with van der Waals surface area (Å²) in [6.07, 6.45) is -9.13. The molecule has 3 aromatic heterocycles. The van der Waals surface area contributed by atoms with Gasteiger partial charge in [-0.05, 0) is 24.6 Å². The van der Waals surface area contributed by atoms with Crippen molar-refractivity contribution < 1.29 is 35.8 Å². The fourth-order valence-electron chi connectivity index (χ4n) is 2.13. The smallest absolute Gasteiger partial charge is 0.428 e. The van der Waals surface area contributed by atoms with Crippen LogP contribution in [0.5, 0.6) is 22.7 Å². The van der Waals surface area contributed by atoms with Crippen molar-refractivity contribution in [1.82, 2.24) is 14.8 Å². The van der Waals surface area contributed by atoms with Crippen molar-refractivity contribution >= 4 is 11.3 Å². The lowest BCUT2D eigenvalue weighted by Crippen LogP contribution is -2.06. The van der Waals surface area contributed by atoms with E-state index in [4.69, 9.17) is 9.47 Å². The number of pyridine rings is 1. The summed E-state index contributed by atoms with van der Waals surface area (Å²) in [6, 6.07) is 5.61. The van der Waals surface area contributed by atoms with Crippen LogP contribution in [0, 0.1) is 6.92 Å². The Kier molecular flexibility index (Phi) is 5.00. The van der Waals surface area contributed by atoms with Crippen LogP contribution in [0.3, 0.4) is 0 Å². The van der Waals surface area contributed by atoms with Crippen molar-refractivity contribution in [3.63, 3.8) is 0 Å². The van der Waals surface area contributed by atoms with Crippen molar-refractivity contribution in [2.75, 3.05) is 0 Å². The zero-order chi connectivity index (χ0) is 20.7. The normalized spacial score (nSPS) is 12.3. The molecule has 0 N–H and O–H groups in total. The molecule has 0 aliphatic heterocycles. The number of hydrogen-bond donors (Lipinski definition) is 0. The molecule has 0 aliphatic rings. The lowest BCUT2D eigenvalue weighted by Gasteiger charge is -2.08. The summed E-state index contributed by atoms with van der Waals surface area (Å²) in [4.78, 5) is 3.13. The molecule has 0 aromatic carbocycles. The summed E-state index contributed by atoms with van der Waals surface area (Å²) >= 11 is 0.392. The Hall–Kier alpha value is -2.76. The van der Waals surface area contributed by atoms with E-state index in [2.05, 4.69) is 10.1 Å². The molecule has 3 rings (SSSR count). The first-order valence-electron chi connectivity index (χ1n) is 7.54. The summed E-state index contributed by atoms with van der Waals surface area (Å²) in [5.74, 6) is -0.380. The molecule has 150 valence electrons. The Bertz CT molecular complexity index is 993. The van der Waals surface area contributed by atoms with Gasteiger partial charge in [-0.3, -0.25) is 0 Å². The van der Waals surface area contributed by atoms with Crippen LogP contribution in [0.15, 0.2) is 30.3 Å². The third-order valence-corrected chi connectivity index (χ3v) is 4.33. The molecule has 0 bridgehead atoms. The van der Waals surface area contributed by atoms with Crippen molar-refractivity contribution in [1.29, 1.82) is 0 Å². The molecule has 0 saturated carbocycles. The molecular weight excluding hydrogens is 412 g/mol. The molecule has 0 spiro atoms. The van der Waals surface area contributed by atoms with E-state index in [1.165, 1.54) is 19.2 Å². The molecule has 0 saturated heterocycles. The number of nitrogens with zero attached hydrogens (tertiary/aromatic N) is 3. The average Bonchev–Trinajstić information content (AvgIpc) is 3.13. The van der Waals surface area contributed by atoms with Crippen LogP contribution >= 0.6 is 11.3 Å². The first-order chi connectivity index (χ1) is 12.9. The fraction of sp³-hybridized carbons (Fsp3) is 0.250. The molecule has 3 heterocycles. The molecule has 28 heavy (non-hydrogen) atoms. The summed E-state index contributed by atoms with van der Waals surface area (Å²) in [6.45, 7) is 1.64. The molecule has 0 atom stereocenters. The Morgan fingerprint density at radius 2 is 1.57 bits per heavy atom. The van der Waals surface area contributed by atoms with Crippen LogP contribution in [0.2, 0.25) is 0 Å². The maximum atomic E-state index is 12.7. The van der Waals surface area contributed by atoms with Gasteiger partial charge in [0.2, 0.25) is 17.6 Å². The highest BCUT2D eigenvalue weighted by atomic mass is 32.1. The molecule has 0 unspecified atom stereocenters. The first kappa shape index (κ1) is 20.0. The number of aromatic nitrogens is 3. The predicted octanol–water partition coefficient (Wildman–Crippen LogP) is 5.81. The third kappa shape index (κ3) is 4.55. The van der Waals surface area contributed by atoms with Crippen LogP contribution in [-0.4, -0.2) is 14.8 Å². The highest BCUT2D eigenvalue weighted by Crippen LogP contribution is 2.39. The van der Waals surface area contributed by atoms with Gasteiger partial charge in [0, 0.05) is 25.2 Å². The Balaban J connectivity index is 1.82. The van der Waals surface area contributed by atoms with Gasteiger partial charge in [-0.2, -0.15) is 36.4 Å². The average molecular weight is 423 g/mol. The van der Waals surface area contributed by atoms with Gasteiger partial charge < -0.3 is 9.47 Å². The standard InChI is InChI=1S/C16H11F6N3O2S/c1-8-5-11(26-13-7-9(15(17,18)19)24-25(13)2)23-12(6-8)27-14-4-3-10(28-14)16(20,21)22/h3-7H,1-2H3. The van der Waals surface area contributed by atoms with E-state index >= 15 is 0 Å².